The second-order valence-electron chi connectivity index (χ2n) is 12.3. The summed E-state index contributed by atoms with van der Waals surface area (Å²) in [7, 11) is 0. The van der Waals surface area contributed by atoms with Crippen LogP contribution in [0.25, 0.3) is 0 Å². The van der Waals surface area contributed by atoms with E-state index in [9.17, 15) is 14.4 Å². The Morgan fingerprint density at radius 3 is 2.39 bits per heavy atom. The molecule has 2 aromatic carbocycles. The third-order valence-electron chi connectivity index (χ3n) is 8.72. The molecule has 2 atom stereocenters. The monoisotopic (exact) mass is 562 g/mol. The number of carbonyl (C=O) groups is 3. The first-order chi connectivity index (χ1) is 19.6. The molecule has 0 aromatic heterocycles. The van der Waals surface area contributed by atoms with E-state index < -0.39 is 11.6 Å². The molecule has 41 heavy (non-hydrogen) atoms. The van der Waals surface area contributed by atoms with Crippen LogP contribution in [0.15, 0.2) is 54.6 Å². The summed E-state index contributed by atoms with van der Waals surface area (Å²) in [6, 6.07) is 17.7. The number of fused-ring (bicyclic) bond motifs is 2. The Labute approximate surface area is 244 Å². The van der Waals surface area contributed by atoms with E-state index in [1.807, 2.05) is 35.2 Å². The fraction of sp³-hybridized carbons (Fsp3) is 0.545. The molecule has 3 amide bonds. The van der Waals surface area contributed by atoms with Crippen LogP contribution in [0.1, 0.15) is 81.4 Å². The molecule has 2 aliphatic rings. The Hall–Kier alpha value is -3.23. The molecule has 222 valence electrons. The normalized spacial score (nSPS) is 18.5. The number of carbonyl (C=O) groups excluding carboxylic acids is 3. The van der Waals surface area contributed by atoms with E-state index in [4.69, 9.17) is 10.8 Å². The van der Waals surface area contributed by atoms with Crippen molar-refractivity contribution in [2.45, 2.75) is 88.1 Å². The average molecular weight is 563 g/mol. The maximum atomic E-state index is 13.8. The number of rotatable bonds is 12. The van der Waals surface area contributed by atoms with Gasteiger partial charge in [0.25, 0.3) is 0 Å². The molecular weight excluding hydrogens is 516 g/mol. The minimum atomic E-state index is -1.08. The highest BCUT2D eigenvalue weighted by molar-refractivity contribution is 5.91. The third-order valence-corrected chi connectivity index (χ3v) is 8.72. The molecule has 1 spiro atoms. The van der Waals surface area contributed by atoms with Crippen LogP contribution in [0.5, 0.6) is 0 Å². The van der Waals surface area contributed by atoms with Gasteiger partial charge >= 0.3 is 0 Å². The first-order valence-corrected chi connectivity index (χ1v) is 15.1. The number of nitrogens with zero attached hydrogens (tertiary/aromatic N) is 1. The van der Waals surface area contributed by atoms with Crippen molar-refractivity contribution >= 4 is 17.7 Å². The van der Waals surface area contributed by atoms with Crippen molar-refractivity contribution in [2.75, 3.05) is 26.2 Å². The van der Waals surface area contributed by atoms with Gasteiger partial charge in [0, 0.05) is 31.7 Å². The van der Waals surface area contributed by atoms with Gasteiger partial charge in [0.15, 0.2) is 0 Å². The van der Waals surface area contributed by atoms with Crippen LogP contribution in [-0.2, 0) is 26.2 Å². The zero-order valence-electron chi connectivity index (χ0n) is 24.5. The smallest absolute Gasteiger partial charge is 0.245 e. The van der Waals surface area contributed by atoms with Crippen molar-refractivity contribution in [3.05, 3.63) is 71.3 Å². The van der Waals surface area contributed by atoms with Gasteiger partial charge in [-0.05, 0) is 81.9 Å². The van der Waals surface area contributed by atoms with E-state index in [-0.39, 0.29) is 35.7 Å². The lowest BCUT2D eigenvalue weighted by molar-refractivity contribution is -0.139. The largest absolute Gasteiger partial charge is 0.396 e. The predicted octanol–water partition coefficient (Wildman–Crippen LogP) is 3.17. The van der Waals surface area contributed by atoms with E-state index in [1.54, 1.807) is 13.8 Å². The summed E-state index contributed by atoms with van der Waals surface area (Å²) in [6.07, 6.45) is 5.85. The van der Waals surface area contributed by atoms with Crippen LogP contribution < -0.4 is 16.4 Å². The summed E-state index contributed by atoms with van der Waals surface area (Å²) in [4.78, 5) is 41.6. The van der Waals surface area contributed by atoms with Crippen LogP contribution in [0, 0.1) is 0 Å². The van der Waals surface area contributed by atoms with Gasteiger partial charge in [0.05, 0.1) is 11.5 Å². The summed E-state index contributed by atoms with van der Waals surface area (Å²) in [5.41, 5.74) is 8.34. The topological polar surface area (TPSA) is 125 Å². The number of hydrogen-bond donors (Lipinski definition) is 4. The lowest BCUT2D eigenvalue weighted by atomic mass is 9.73. The van der Waals surface area contributed by atoms with Crippen molar-refractivity contribution in [1.82, 2.24) is 15.5 Å². The predicted molar refractivity (Wildman–Crippen MR) is 160 cm³/mol. The van der Waals surface area contributed by atoms with Crippen molar-refractivity contribution in [2.24, 2.45) is 5.73 Å². The van der Waals surface area contributed by atoms with E-state index in [0.717, 1.165) is 44.1 Å². The lowest BCUT2D eigenvalue weighted by Gasteiger charge is -2.41. The van der Waals surface area contributed by atoms with Gasteiger partial charge in [-0.15, -0.1) is 0 Å². The summed E-state index contributed by atoms with van der Waals surface area (Å²) in [5.74, 6) is -0.563. The maximum absolute atomic E-state index is 13.8. The van der Waals surface area contributed by atoms with E-state index >= 15 is 0 Å². The number of likely N-dealkylation sites (tertiary alicyclic amines) is 1. The fourth-order valence-corrected chi connectivity index (χ4v) is 6.31. The molecule has 1 heterocycles. The van der Waals surface area contributed by atoms with Crippen molar-refractivity contribution in [1.29, 1.82) is 0 Å². The van der Waals surface area contributed by atoms with Crippen LogP contribution in [0.2, 0.25) is 0 Å². The zero-order valence-corrected chi connectivity index (χ0v) is 24.5. The van der Waals surface area contributed by atoms with E-state index in [0.29, 0.717) is 32.5 Å². The third kappa shape index (κ3) is 7.54. The lowest BCUT2D eigenvalue weighted by Crippen LogP contribution is -2.57. The number of nitrogens with two attached hydrogens (primary N) is 1. The summed E-state index contributed by atoms with van der Waals surface area (Å²) < 4.78 is 0. The number of piperidine rings is 1. The Balaban J connectivity index is 1.42. The van der Waals surface area contributed by atoms with E-state index in [2.05, 4.69) is 34.9 Å². The van der Waals surface area contributed by atoms with Gasteiger partial charge in [0.2, 0.25) is 17.7 Å². The molecule has 8 nitrogen and oxygen atoms in total. The summed E-state index contributed by atoms with van der Waals surface area (Å²) >= 11 is 0. The molecule has 8 heteroatoms. The molecule has 1 fully saturated rings. The highest BCUT2D eigenvalue weighted by atomic mass is 16.3. The average Bonchev–Trinajstić information content (AvgIpc) is 3.28. The molecule has 4 rings (SSSR count). The minimum absolute atomic E-state index is 0.0383. The molecular formula is C33H46N4O4. The van der Waals surface area contributed by atoms with Crippen LogP contribution in [0.3, 0.4) is 0 Å². The number of amides is 3. The molecule has 1 saturated heterocycles. The first-order valence-electron chi connectivity index (χ1n) is 15.1. The molecule has 0 bridgehead atoms. The highest BCUT2D eigenvalue weighted by Gasteiger charge is 2.48. The van der Waals surface area contributed by atoms with Crippen molar-refractivity contribution < 1.29 is 19.5 Å². The molecule has 1 aliphatic heterocycles. The highest BCUT2D eigenvalue weighted by Crippen LogP contribution is 2.51. The Bertz CT molecular complexity index is 1190. The second-order valence-corrected chi connectivity index (χ2v) is 12.3. The van der Waals surface area contributed by atoms with Gasteiger partial charge in [-0.3, -0.25) is 14.4 Å². The summed E-state index contributed by atoms with van der Waals surface area (Å²) in [5, 5.41) is 15.0. The Morgan fingerprint density at radius 2 is 1.71 bits per heavy atom. The van der Waals surface area contributed by atoms with Crippen LogP contribution >= 0.6 is 0 Å². The molecule has 0 saturated carbocycles. The Kier molecular flexibility index (Phi) is 10.2. The summed E-state index contributed by atoms with van der Waals surface area (Å²) in [6.45, 7) is 5.14. The minimum Gasteiger partial charge on any atom is -0.396 e. The molecule has 1 aliphatic carbocycles. The zero-order chi connectivity index (χ0) is 29.5. The quantitative estimate of drug-likeness (QED) is 0.296. The number of benzene rings is 2. The number of aliphatic hydroxyl groups excluding tert-OH is 1. The number of aliphatic hydroxyl groups is 1. The first kappa shape index (κ1) is 30.7. The van der Waals surface area contributed by atoms with Gasteiger partial charge in [-0.2, -0.15) is 0 Å². The Morgan fingerprint density at radius 1 is 1.02 bits per heavy atom. The fourth-order valence-electron chi connectivity index (χ4n) is 6.31. The second kappa shape index (κ2) is 13.6. The number of unbranched alkanes of at least 4 members (excludes halogenated alkanes) is 1. The number of aryl methyl sites for hydroxylation is 1. The van der Waals surface area contributed by atoms with Crippen molar-refractivity contribution in [3.8, 4) is 0 Å². The number of nitrogens with one attached hydrogen (secondary N) is 2. The van der Waals surface area contributed by atoms with E-state index in [1.165, 1.54) is 11.1 Å². The van der Waals surface area contributed by atoms with Gasteiger partial charge in [-0.1, -0.05) is 54.6 Å². The maximum Gasteiger partial charge on any atom is 0.245 e. The van der Waals surface area contributed by atoms with Gasteiger partial charge in [0.1, 0.15) is 6.04 Å². The standard InChI is InChI=1S/C33H46N4O4/c1-32(2,34)31(41)36-28(16-10-13-24-11-4-3-5-12-24)30(40)37-20-17-33(18-21-37)23-26(25-14-6-7-15-27(25)33)29(39)35-19-8-9-22-38/h3-7,11-12,14-15,26,28,38H,8-10,13,16-23,34H2,1-2H3,(H,35,39)(H,36,41)/t26-,28+/m0/s1. The van der Waals surface area contributed by atoms with Crippen LogP contribution in [-0.4, -0.2) is 65.5 Å². The van der Waals surface area contributed by atoms with Crippen molar-refractivity contribution in [3.63, 3.8) is 0 Å². The molecule has 0 radical (unpaired) electrons. The van der Waals surface area contributed by atoms with Gasteiger partial charge in [-0.25, -0.2) is 0 Å². The molecule has 2 aromatic rings. The SMILES string of the molecule is CC(C)(N)C(=O)N[C@H](CCCc1ccccc1)C(=O)N1CCC2(CC1)C[C@H](C(=O)NCCCCO)c1ccccc12. The van der Waals surface area contributed by atoms with Crippen LogP contribution in [0.4, 0.5) is 0 Å². The molecule has 0 unspecified atom stereocenters. The van der Waals surface area contributed by atoms with Gasteiger partial charge < -0.3 is 26.4 Å². The number of hydrogen-bond acceptors (Lipinski definition) is 5. The molecule has 5 N–H and O–H groups in total.